The molecule has 0 unspecified atom stereocenters. The first-order valence-electron chi connectivity index (χ1n) is 6.01. The number of carbonyl (C=O) groups is 1. The number of hydrogen-bond donors (Lipinski definition) is 1. The number of nitrogens with zero attached hydrogens (tertiary/aromatic N) is 4. The van der Waals surface area contributed by atoms with E-state index in [0.29, 0.717) is 10.7 Å². The first kappa shape index (κ1) is 13.7. The van der Waals surface area contributed by atoms with Gasteiger partial charge in [-0.1, -0.05) is 12.1 Å². The molecule has 0 bridgehead atoms. The molecule has 1 N–H and O–H groups in total. The number of rotatable bonds is 2. The van der Waals surface area contributed by atoms with E-state index in [9.17, 15) is 20.0 Å². The van der Waals surface area contributed by atoms with Gasteiger partial charge in [0.2, 0.25) is 10.8 Å². The Hall–Kier alpha value is -2.26. The number of benzene rings is 1. The van der Waals surface area contributed by atoms with Gasteiger partial charge in [-0.2, -0.15) is 5.10 Å². The number of nitro benzene ring substituents is 1. The Morgan fingerprint density at radius 1 is 1.52 bits per heavy atom. The molecule has 2 aliphatic heterocycles. The van der Waals surface area contributed by atoms with Crippen molar-refractivity contribution < 1.29 is 14.8 Å². The van der Waals surface area contributed by atoms with Gasteiger partial charge in [0.05, 0.1) is 11.5 Å². The summed E-state index contributed by atoms with van der Waals surface area (Å²) in [6, 6.07) is 5.68. The third-order valence-electron chi connectivity index (χ3n) is 3.22. The average Bonchev–Trinajstić information content (AvgIpc) is 2.78. The Kier molecular flexibility index (Phi) is 3.03. The van der Waals surface area contributed by atoms with Gasteiger partial charge in [0.25, 0.3) is 5.69 Å². The van der Waals surface area contributed by atoms with Crippen LogP contribution in [-0.2, 0) is 10.5 Å². The zero-order chi connectivity index (χ0) is 15.2. The molecule has 0 radical (unpaired) electrons. The second-order valence-electron chi connectivity index (χ2n) is 4.61. The molecule has 1 aromatic carbocycles. The number of aliphatic imine (C=N–C) groups is 1. The number of fused-ring (bicyclic) bond motifs is 1. The van der Waals surface area contributed by atoms with E-state index in [2.05, 4.69) is 10.1 Å². The van der Waals surface area contributed by atoms with Crippen LogP contribution >= 0.6 is 11.8 Å². The second-order valence-corrected chi connectivity index (χ2v) is 5.55. The number of amidine groups is 1. The summed E-state index contributed by atoms with van der Waals surface area (Å²) in [6.45, 7) is 1.50. The standard InChI is InChI=1S/C12H10N4O4S/c1-7-10(17)21-11-13-6-12(18,15(11)14-7)8-3-2-4-9(5-8)16(19)20/h2-5,18H,6H2,1H3/t12-/m0/s1. The number of hydrazone groups is 1. The van der Waals surface area contributed by atoms with Crippen LogP contribution in [0.15, 0.2) is 34.4 Å². The maximum atomic E-state index is 11.6. The highest BCUT2D eigenvalue weighted by atomic mass is 32.2. The van der Waals surface area contributed by atoms with Gasteiger partial charge in [-0.3, -0.25) is 19.9 Å². The van der Waals surface area contributed by atoms with Gasteiger partial charge in [0.15, 0.2) is 5.17 Å². The van der Waals surface area contributed by atoms with Crippen LogP contribution in [0.2, 0.25) is 0 Å². The van der Waals surface area contributed by atoms with E-state index in [0.717, 1.165) is 11.8 Å². The lowest BCUT2D eigenvalue weighted by Gasteiger charge is -2.33. The topological polar surface area (TPSA) is 108 Å². The summed E-state index contributed by atoms with van der Waals surface area (Å²) in [6.07, 6.45) is 0. The first-order valence-corrected chi connectivity index (χ1v) is 6.83. The average molecular weight is 306 g/mol. The Morgan fingerprint density at radius 3 is 3.00 bits per heavy atom. The molecule has 108 valence electrons. The van der Waals surface area contributed by atoms with Crippen molar-refractivity contribution in [2.75, 3.05) is 6.54 Å². The number of thioether (sulfide) groups is 1. The molecule has 8 nitrogen and oxygen atoms in total. The van der Waals surface area contributed by atoms with Gasteiger partial charge in [-0.05, 0) is 18.7 Å². The van der Waals surface area contributed by atoms with Gasteiger partial charge >= 0.3 is 0 Å². The van der Waals surface area contributed by atoms with Crippen molar-refractivity contribution in [3.05, 3.63) is 39.9 Å². The van der Waals surface area contributed by atoms with Crippen molar-refractivity contribution in [3.8, 4) is 0 Å². The molecule has 1 aromatic rings. The molecule has 3 rings (SSSR count). The van der Waals surface area contributed by atoms with Gasteiger partial charge < -0.3 is 5.11 Å². The molecule has 2 aliphatic rings. The maximum absolute atomic E-state index is 11.6. The normalized spacial score (nSPS) is 24.5. The molecule has 9 heteroatoms. The van der Waals surface area contributed by atoms with E-state index in [1.165, 1.54) is 30.1 Å². The monoisotopic (exact) mass is 306 g/mol. The van der Waals surface area contributed by atoms with Gasteiger partial charge in [-0.15, -0.1) is 0 Å². The predicted molar refractivity (Wildman–Crippen MR) is 76.8 cm³/mol. The Balaban J connectivity index is 2.05. The Bertz CT molecular complexity index is 717. The quantitative estimate of drug-likeness (QED) is 0.646. The third-order valence-corrected chi connectivity index (χ3v) is 4.18. The minimum atomic E-state index is -1.61. The molecule has 0 saturated heterocycles. The molecule has 2 heterocycles. The van der Waals surface area contributed by atoms with Gasteiger partial charge in [-0.25, -0.2) is 5.01 Å². The lowest BCUT2D eigenvalue weighted by Crippen LogP contribution is -2.45. The van der Waals surface area contributed by atoms with Crippen LogP contribution in [0, 0.1) is 10.1 Å². The van der Waals surface area contributed by atoms with Crippen LogP contribution in [0.5, 0.6) is 0 Å². The summed E-state index contributed by atoms with van der Waals surface area (Å²) in [5.74, 6) is 0. The predicted octanol–water partition coefficient (Wildman–Crippen LogP) is 1.06. The van der Waals surface area contributed by atoms with Crippen LogP contribution in [0.25, 0.3) is 0 Å². The van der Waals surface area contributed by atoms with Gasteiger partial charge in [0, 0.05) is 17.7 Å². The minimum absolute atomic E-state index is 0.0411. The number of non-ortho nitro benzene ring substituents is 1. The summed E-state index contributed by atoms with van der Waals surface area (Å²) in [7, 11) is 0. The van der Waals surface area contributed by atoms with E-state index in [1.807, 2.05) is 0 Å². The number of carbonyl (C=O) groups excluding carboxylic acids is 1. The van der Waals surface area contributed by atoms with E-state index in [4.69, 9.17) is 0 Å². The van der Waals surface area contributed by atoms with Gasteiger partial charge in [0.1, 0.15) is 5.71 Å². The largest absolute Gasteiger partial charge is 0.364 e. The zero-order valence-electron chi connectivity index (χ0n) is 10.9. The lowest BCUT2D eigenvalue weighted by molar-refractivity contribution is -0.385. The van der Waals surface area contributed by atoms with Crippen molar-refractivity contribution in [3.63, 3.8) is 0 Å². The summed E-state index contributed by atoms with van der Waals surface area (Å²) >= 11 is 0.885. The zero-order valence-corrected chi connectivity index (χ0v) is 11.7. The second kappa shape index (κ2) is 4.64. The molecule has 0 aliphatic carbocycles. The first-order chi connectivity index (χ1) is 9.91. The molecule has 0 amide bonds. The molecular formula is C12H10N4O4S. The van der Waals surface area contributed by atoms with E-state index in [-0.39, 0.29) is 23.1 Å². The molecule has 1 atom stereocenters. The number of aliphatic hydroxyl groups is 1. The summed E-state index contributed by atoms with van der Waals surface area (Å²) in [4.78, 5) is 26.0. The summed E-state index contributed by atoms with van der Waals surface area (Å²) in [5, 5.41) is 27.0. The van der Waals surface area contributed by atoms with E-state index >= 15 is 0 Å². The fourth-order valence-electron chi connectivity index (χ4n) is 2.10. The van der Waals surface area contributed by atoms with Crippen molar-refractivity contribution in [1.82, 2.24) is 5.01 Å². The van der Waals surface area contributed by atoms with E-state index in [1.54, 1.807) is 6.07 Å². The highest BCUT2D eigenvalue weighted by Gasteiger charge is 2.47. The lowest BCUT2D eigenvalue weighted by atomic mass is 10.0. The van der Waals surface area contributed by atoms with Crippen molar-refractivity contribution in [2.24, 2.45) is 10.1 Å². The number of hydrogen-bond acceptors (Lipinski definition) is 8. The summed E-state index contributed by atoms with van der Waals surface area (Å²) < 4.78 is 0. The van der Waals surface area contributed by atoms with Crippen molar-refractivity contribution in [1.29, 1.82) is 0 Å². The summed E-state index contributed by atoms with van der Waals surface area (Å²) in [5.41, 5.74) is -1.20. The highest BCUT2D eigenvalue weighted by molar-refractivity contribution is 8.27. The third kappa shape index (κ3) is 2.10. The number of nitro groups is 1. The Morgan fingerprint density at radius 2 is 2.29 bits per heavy atom. The smallest absolute Gasteiger partial charge is 0.269 e. The van der Waals surface area contributed by atoms with Crippen LogP contribution in [-0.4, -0.2) is 37.6 Å². The highest BCUT2D eigenvalue weighted by Crippen LogP contribution is 2.38. The Labute approximate surface area is 123 Å². The van der Waals surface area contributed by atoms with Crippen molar-refractivity contribution >= 4 is 33.4 Å². The minimum Gasteiger partial charge on any atom is -0.364 e. The molecule has 0 spiro atoms. The van der Waals surface area contributed by atoms with Crippen LogP contribution in [0.1, 0.15) is 12.5 Å². The van der Waals surface area contributed by atoms with Crippen molar-refractivity contribution in [2.45, 2.75) is 12.6 Å². The van der Waals surface area contributed by atoms with Crippen LogP contribution in [0.3, 0.4) is 0 Å². The van der Waals surface area contributed by atoms with Crippen LogP contribution < -0.4 is 0 Å². The molecule has 21 heavy (non-hydrogen) atoms. The molecule has 0 fully saturated rings. The fraction of sp³-hybridized carbons (Fsp3) is 0.250. The fourth-order valence-corrected chi connectivity index (χ4v) is 2.86. The molecule has 0 saturated carbocycles. The maximum Gasteiger partial charge on any atom is 0.269 e. The van der Waals surface area contributed by atoms with E-state index < -0.39 is 10.6 Å². The SMILES string of the molecule is CC1=NN2C(=NC[C@]2(O)c2cccc([N+](=O)[O-])c2)SC1=O. The molecular weight excluding hydrogens is 296 g/mol. The van der Waals surface area contributed by atoms with Crippen LogP contribution in [0.4, 0.5) is 5.69 Å². The molecule has 0 aromatic heterocycles.